The summed E-state index contributed by atoms with van der Waals surface area (Å²) in [5, 5.41) is 11.7. The van der Waals surface area contributed by atoms with Crippen LogP contribution in [0.25, 0.3) is 0 Å². The van der Waals surface area contributed by atoms with Gasteiger partial charge in [0.15, 0.2) is 6.17 Å². The van der Waals surface area contributed by atoms with E-state index in [9.17, 15) is 32.4 Å². The van der Waals surface area contributed by atoms with Crippen LogP contribution in [0.5, 0.6) is 0 Å². The maximum absolute atomic E-state index is 14.1. The highest BCUT2D eigenvalue weighted by molar-refractivity contribution is 9.11. The molecule has 0 aliphatic carbocycles. The number of carbonyl (C=O) groups is 2. The van der Waals surface area contributed by atoms with Gasteiger partial charge in [0.05, 0.1) is 14.9 Å². The Kier molecular flexibility index (Phi) is 4.80. The number of hydrogen-bond acceptors (Lipinski definition) is 4. The number of carbonyl (C=O) groups excluding carboxylic acids is 2. The average molecular weight is 453 g/mol. The SMILES string of the molecule is O=C1CN(C(=O)c2c(F)cccc2C(F)(F)F)C(c2csc(Br)c2)N1O. The number of amides is 2. The number of halogens is 5. The van der Waals surface area contributed by atoms with Crippen molar-refractivity contribution in [1.82, 2.24) is 9.96 Å². The lowest BCUT2D eigenvalue weighted by Gasteiger charge is -2.26. The lowest BCUT2D eigenvalue weighted by molar-refractivity contribution is -0.168. The van der Waals surface area contributed by atoms with Gasteiger partial charge in [-0.15, -0.1) is 11.3 Å². The average Bonchev–Trinajstić information content (AvgIpc) is 3.09. The molecule has 2 aromatic rings. The van der Waals surface area contributed by atoms with Gasteiger partial charge in [-0.3, -0.25) is 14.8 Å². The summed E-state index contributed by atoms with van der Waals surface area (Å²) in [6, 6.07) is 3.66. The summed E-state index contributed by atoms with van der Waals surface area (Å²) in [6.45, 7) is -0.681. The van der Waals surface area contributed by atoms with Crippen LogP contribution in [-0.4, -0.2) is 33.5 Å². The van der Waals surface area contributed by atoms with Crippen molar-refractivity contribution in [1.29, 1.82) is 0 Å². The number of nitrogens with zero attached hydrogens (tertiary/aromatic N) is 2. The Morgan fingerprint density at radius 3 is 2.62 bits per heavy atom. The Morgan fingerprint density at radius 2 is 2.04 bits per heavy atom. The predicted octanol–water partition coefficient (Wildman–Crippen LogP) is 4.04. The lowest BCUT2D eigenvalue weighted by Crippen LogP contribution is -2.35. The van der Waals surface area contributed by atoms with E-state index in [0.717, 1.165) is 12.1 Å². The van der Waals surface area contributed by atoms with Crippen molar-refractivity contribution in [2.45, 2.75) is 12.3 Å². The smallest absolute Gasteiger partial charge is 0.302 e. The van der Waals surface area contributed by atoms with E-state index in [2.05, 4.69) is 15.9 Å². The summed E-state index contributed by atoms with van der Waals surface area (Å²) in [7, 11) is 0. The Balaban J connectivity index is 2.08. The normalized spacial score (nSPS) is 17.9. The fraction of sp³-hybridized carbons (Fsp3) is 0.200. The summed E-state index contributed by atoms with van der Waals surface area (Å²) in [5.41, 5.74) is -2.34. The number of rotatable bonds is 2. The lowest BCUT2D eigenvalue weighted by atomic mass is 10.0. The third-order valence-electron chi connectivity index (χ3n) is 3.77. The minimum Gasteiger partial charge on any atom is -0.302 e. The number of benzene rings is 1. The molecule has 2 amide bonds. The van der Waals surface area contributed by atoms with Crippen molar-refractivity contribution in [3.63, 3.8) is 0 Å². The zero-order valence-corrected chi connectivity index (χ0v) is 15.0. The molecule has 1 aliphatic heterocycles. The molecule has 1 saturated heterocycles. The molecule has 138 valence electrons. The second-order valence-corrected chi connectivity index (χ2v) is 7.68. The van der Waals surface area contributed by atoms with Crippen LogP contribution in [0, 0.1) is 5.82 Å². The van der Waals surface area contributed by atoms with E-state index in [1.165, 1.54) is 22.8 Å². The van der Waals surface area contributed by atoms with E-state index in [-0.39, 0.29) is 5.06 Å². The molecular formula is C15H9BrF4N2O3S. The van der Waals surface area contributed by atoms with Gasteiger partial charge in [-0.1, -0.05) is 6.07 Å². The minimum absolute atomic E-state index is 0.250. The largest absolute Gasteiger partial charge is 0.417 e. The molecule has 0 saturated carbocycles. The van der Waals surface area contributed by atoms with Gasteiger partial charge in [0.2, 0.25) is 0 Å². The van der Waals surface area contributed by atoms with Crippen molar-refractivity contribution in [3.8, 4) is 0 Å². The molecule has 1 aliphatic rings. The van der Waals surface area contributed by atoms with E-state index in [0.29, 0.717) is 20.3 Å². The van der Waals surface area contributed by atoms with Crippen LogP contribution in [-0.2, 0) is 11.0 Å². The van der Waals surface area contributed by atoms with Gasteiger partial charge in [0.25, 0.3) is 11.8 Å². The third-order valence-corrected chi connectivity index (χ3v) is 5.29. The molecule has 3 rings (SSSR count). The summed E-state index contributed by atoms with van der Waals surface area (Å²) >= 11 is 4.38. The zero-order valence-electron chi connectivity index (χ0n) is 12.6. The Labute approximate surface area is 156 Å². The molecule has 5 nitrogen and oxygen atoms in total. The maximum atomic E-state index is 14.1. The molecule has 1 N–H and O–H groups in total. The van der Waals surface area contributed by atoms with Gasteiger partial charge in [0.1, 0.15) is 12.4 Å². The second kappa shape index (κ2) is 6.63. The molecule has 0 bridgehead atoms. The Morgan fingerprint density at radius 1 is 1.35 bits per heavy atom. The van der Waals surface area contributed by atoms with Gasteiger partial charge in [-0.25, -0.2) is 4.39 Å². The van der Waals surface area contributed by atoms with E-state index in [1.807, 2.05) is 0 Å². The minimum atomic E-state index is -4.96. The van der Waals surface area contributed by atoms with Gasteiger partial charge in [0, 0.05) is 5.56 Å². The molecule has 1 fully saturated rings. The van der Waals surface area contributed by atoms with Gasteiger partial charge in [-0.2, -0.15) is 18.2 Å². The maximum Gasteiger partial charge on any atom is 0.417 e. The molecule has 1 aromatic carbocycles. The summed E-state index contributed by atoms with van der Waals surface area (Å²) in [4.78, 5) is 25.2. The molecular weight excluding hydrogens is 444 g/mol. The first-order valence-electron chi connectivity index (χ1n) is 7.03. The van der Waals surface area contributed by atoms with E-state index >= 15 is 0 Å². The highest BCUT2D eigenvalue weighted by atomic mass is 79.9. The first kappa shape index (κ1) is 18.8. The second-order valence-electron chi connectivity index (χ2n) is 5.39. The molecule has 0 radical (unpaired) electrons. The van der Waals surface area contributed by atoms with E-state index < -0.39 is 47.6 Å². The van der Waals surface area contributed by atoms with Crippen molar-refractivity contribution in [2.24, 2.45) is 0 Å². The van der Waals surface area contributed by atoms with Crippen LogP contribution >= 0.6 is 27.3 Å². The molecule has 1 atom stereocenters. The Bertz CT molecular complexity index is 886. The third kappa shape index (κ3) is 3.21. The van der Waals surface area contributed by atoms with Gasteiger partial charge < -0.3 is 4.90 Å². The van der Waals surface area contributed by atoms with Crippen LogP contribution in [0.3, 0.4) is 0 Å². The van der Waals surface area contributed by atoms with Crippen molar-refractivity contribution >= 4 is 39.1 Å². The summed E-state index contributed by atoms with van der Waals surface area (Å²) in [5.74, 6) is -3.60. The monoisotopic (exact) mass is 452 g/mol. The topological polar surface area (TPSA) is 60.9 Å². The molecule has 26 heavy (non-hydrogen) atoms. The van der Waals surface area contributed by atoms with Crippen LogP contribution in [0.1, 0.15) is 27.7 Å². The van der Waals surface area contributed by atoms with Crippen LogP contribution in [0.4, 0.5) is 17.6 Å². The van der Waals surface area contributed by atoms with Crippen molar-refractivity contribution in [2.75, 3.05) is 6.54 Å². The van der Waals surface area contributed by atoms with E-state index in [4.69, 9.17) is 0 Å². The van der Waals surface area contributed by atoms with Crippen LogP contribution in [0.15, 0.2) is 33.4 Å². The number of alkyl halides is 3. The Hall–Kier alpha value is -1.98. The molecule has 1 unspecified atom stereocenters. The summed E-state index contributed by atoms with van der Waals surface area (Å²) in [6.07, 6.45) is -6.31. The van der Waals surface area contributed by atoms with Crippen molar-refractivity contribution in [3.05, 3.63) is 55.9 Å². The van der Waals surface area contributed by atoms with E-state index in [1.54, 1.807) is 0 Å². The highest BCUT2D eigenvalue weighted by Crippen LogP contribution is 2.38. The highest BCUT2D eigenvalue weighted by Gasteiger charge is 2.45. The zero-order chi connectivity index (χ0) is 19.2. The summed E-state index contributed by atoms with van der Waals surface area (Å²) < 4.78 is 54.3. The fourth-order valence-corrected chi connectivity index (χ4v) is 3.84. The predicted molar refractivity (Wildman–Crippen MR) is 85.8 cm³/mol. The van der Waals surface area contributed by atoms with Crippen LogP contribution < -0.4 is 0 Å². The number of hydrogen-bond donors (Lipinski definition) is 1. The number of hydroxylamine groups is 2. The first-order chi connectivity index (χ1) is 12.1. The van der Waals surface area contributed by atoms with Gasteiger partial charge >= 0.3 is 6.18 Å². The van der Waals surface area contributed by atoms with Crippen molar-refractivity contribution < 1.29 is 32.4 Å². The van der Waals surface area contributed by atoms with Gasteiger partial charge in [-0.05, 0) is 39.5 Å². The fourth-order valence-electron chi connectivity index (χ4n) is 2.66. The number of thiophene rings is 1. The molecule has 1 aromatic heterocycles. The molecule has 11 heteroatoms. The quantitative estimate of drug-likeness (QED) is 0.552. The first-order valence-corrected chi connectivity index (χ1v) is 8.70. The standard InChI is InChI=1S/C15H9BrF4N2O3S/c16-10-4-7(6-26-10)13-21(5-11(23)22(13)25)14(24)12-8(15(18,19)20)2-1-3-9(12)17/h1-4,6,13,25H,5H2. The molecule has 0 spiro atoms. The van der Waals surface area contributed by atoms with Crippen LogP contribution in [0.2, 0.25) is 0 Å². The molecule has 2 heterocycles.